The Bertz CT molecular complexity index is 946. The summed E-state index contributed by atoms with van der Waals surface area (Å²) < 4.78 is 5.68. The van der Waals surface area contributed by atoms with Crippen molar-refractivity contribution in [3.8, 4) is 5.75 Å². The summed E-state index contributed by atoms with van der Waals surface area (Å²) in [6.45, 7) is 1.93. The van der Waals surface area contributed by atoms with Crippen molar-refractivity contribution in [2.24, 2.45) is 0 Å². The summed E-state index contributed by atoms with van der Waals surface area (Å²) in [4.78, 5) is 28.1. The Balaban J connectivity index is 1.76. The average Bonchev–Trinajstić information content (AvgIpc) is 2.80. The van der Waals surface area contributed by atoms with Gasteiger partial charge in [-0.25, -0.2) is 0 Å². The van der Waals surface area contributed by atoms with Gasteiger partial charge in [-0.2, -0.15) is 0 Å². The fraction of sp³-hybridized carbons (Fsp3) is 0.440. The Kier molecular flexibility index (Phi) is 9.72. The van der Waals surface area contributed by atoms with E-state index in [0.29, 0.717) is 27.2 Å². The van der Waals surface area contributed by atoms with E-state index < -0.39 is 6.04 Å². The Morgan fingerprint density at radius 2 is 1.70 bits per heavy atom. The molecule has 2 aromatic carbocycles. The van der Waals surface area contributed by atoms with Gasteiger partial charge in [-0.05, 0) is 55.2 Å². The molecule has 0 unspecified atom stereocenters. The maximum Gasteiger partial charge on any atom is 0.261 e. The molecule has 0 radical (unpaired) electrons. The van der Waals surface area contributed by atoms with E-state index >= 15 is 0 Å². The fourth-order valence-corrected chi connectivity index (χ4v) is 4.65. The van der Waals surface area contributed by atoms with E-state index in [9.17, 15) is 9.59 Å². The van der Waals surface area contributed by atoms with Crippen LogP contribution in [0, 0.1) is 0 Å². The minimum atomic E-state index is -0.612. The van der Waals surface area contributed by atoms with Crippen molar-refractivity contribution in [2.75, 3.05) is 6.61 Å². The summed E-state index contributed by atoms with van der Waals surface area (Å²) in [5.74, 6) is -0.0709. The Morgan fingerprint density at radius 1 is 1.03 bits per heavy atom. The molecule has 1 atom stereocenters. The van der Waals surface area contributed by atoms with Crippen LogP contribution in [0.2, 0.25) is 15.1 Å². The van der Waals surface area contributed by atoms with Gasteiger partial charge in [0.25, 0.3) is 5.91 Å². The summed E-state index contributed by atoms with van der Waals surface area (Å²) in [5.41, 5.74) is 0.876. The number of nitrogens with one attached hydrogen (secondary N) is 1. The summed E-state index contributed by atoms with van der Waals surface area (Å²) in [5, 5.41) is 4.57. The van der Waals surface area contributed by atoms with Crippen molar-refractivity contribution in [3.63, 3.8) is 0 Å². The molecule has 3 rings (SSSR count). The molecule has 2 aromatic rings. The van der Waals surface area contributed by atoms with Gasteiger partial charge < -0.3 is 15.0 Å². The van der Waals surface area contributed by atoms with Gasteiger partial charge in [0.05, 0.1) is 5.02 Å². The summed E-state index contributed by atoms with van der Waals surface area (Å²) in [6.07, 6.45) is 5.88. The first-order valence-corrected chi connectivity index (χ1v) is 12.4. The van der Waals surface area contributed by atoms with Crippen LogP contribution in [-0.4, -0.2) is 35.4 Å². The van der Waals surface area contributed by atoms with Crippen LogP contribution >= 0.6 is 34.8 Å². The summed E-state index contributed by atoms with van der Waals surface area (Å²) >= 11 is 18.1. The minimum absolute atomic E-state index is 0.128. The first kappa shape index (κ1) is 25.7. The third-order valence-electron chi connectivity index (χ3n) is 5.85. The highest BCUT2D eigenvalue weighted by atomic mass is 35.5. The van der Waals surface area contributed by atoms with E-state index in [0.717, 1.165) is 31.2 Å². The van der Waals surface area contributed by atoms with Gasteiger partial charge in [0.15, 0.2) is 6.61 Å². The normalized spacial score (nSPS) is 15.0. The van der Waals surface area contributed by atoms with Crippen LogP contribution in [0.25, 0.3) is 0 Å². The van der Waals surface area contributed by atoms with Crippen LogP contribution in [0.1, 0.15) is 51.0 Å². The highest BCUT2D eigenvalue weighted by Crippen LogP contribution is 2.28. The van der Waals surface area contributed by atoms with Crippen LogP contribution in [0.15, 0.2) is 42.5 Å². The quantitative estimate of drug-likeness (QED) is 0.431. The molecule has 178 valence electrons. The van der Waals surface area contributed by atoms with E-state index in [4.69, 9.17) is 39.5 Å². The van der Waals surface area contributed by atoms with Crippen LogP contribution < -0.4 is 10.1 Å². The Morgan fingerprint density at radius 3 is 2.33 bits per heavy atom. The van der Waals surface area contributed by atoms with Crippen molar-refractivity contribution >= 4 is 46.6 Å². The van der Waals surface area contributed by atoms with E-state index in [1.807, 2.05) is 19.1 Å². The van der Waals surface area contributed by atoms with Gasteiger partial charge >= 0.3 is 0 Å². The van der Waals surface area contributed by atoms with Crippen molar-refractivity contribution in [1.82, 2.24) is 10.2 Å². The zero-order chi connectivity index (χ0) is 23.8. The molecule has 2 amide bonds. The van der Waals surface area contributed by atoms with Crippen molar-refractivity contribution < 1.29 is 14.3 Å². The molecule has 1 fully saturated rings. The van der Waals surface area contributed by atoms with Gasteiger partial charge in [0.1, 0.15) is 11.8 Å². The van der Waals surface area contributed by atoms with E-state index in [2.05, 4.69) is 5.32 Å². The zero-order valence-corrected chi connectivity index (χ0v) is 20.9. The van der Waals surface area contributed by atoms with Gasteiger partial charge in [-0.3, -0.25) is 9.59 Å². The molecular weight excluding hydrogens is 483 g/mol. The second-order valence-corrected chi connectivity index (χ2v) is 9.56. The van der Waals surface area contributed by atoms with Crippen LogP contribution in [-0.2, 0) is 16.1 Å². The third kappa shape index (κ3) is 7.53. The van der Waals surface area contributed by atoms with Crippen molar-refractivity contribution in [3.05, 3.63) is 63.1 Å². The van der Waals surface area contributed by atoms with Gasteiger partial charge in [-0.1, -0.05) is 73.1 Å². The number of carbonyl (C=O) groups is 2. The summed E-state index contributed by atoms with van der Waals surface area (Å²) in [6, 6.07) is 11.6. The number of benzene rings is 2. The highest BCUT2D eigenvalue weighted by Gasteiger charge is 2.30. The fourth-order valence-electron chi connectivity index (χ4n) is 4.06. The molecule has 0 heterocycles. The molecule has 1 saturated carbocycles. The second kappa shape index (κ2) is 12.5. The minimum Gasteiger partial charge on any atom is -0.482 e. The molecule has 1 aliphatic carbocycles. The molecule has 0 spiro atoms. The largest absolute Gasteiger partial charge is 0.482 e. The predicted molar refractivity (Wildman–Crippen MR) is 133 cm³/mol. The van der Waals surface area contributed by atoms with Gasteiger partial charge in [0, 0.05) is 22.6 Å². The van der Waals surface area contributed by atoms with E-state index in [1.54, 1.807) is 35.2 Å². The van der Waals surface area contributed by atoms with Crippen molar-refractivity contribution in [2.45, 2.75) is 64.1 Å². The predicted octanol–water partition coefficient (Wildman–Crippen LogP) is 6.28. The maximum atomic E-state index is 13.3. The Labute approximate surface area is 210 Å². The van der Waals surface area contributed by atoms with E-state index in [1.165, 1.54) is 6.42 Å². The average molecular weight is 512 g/mol. The van der Waals surface area contributed by atoms with Gasteiger partial charge in [-0.15, -0.1) is 0 Å². The number of rotatable bonds is 9. The smallest absolute Gasteiger partial charge is 0.261 e. The summed E-state index contributed by atoms with van der Waals surface area (Å²) in [7, 11) is 0. The number of hydrogen-bond donors (Lipinski definition) is 1. The standard InChI is InChI=1S/C25H29Cl3N2O3/c1-2-22(25(32)29-20-6-4-3-5-7-20)30(15-17-8-10-18(26)11-9-17)24(31)16-33-23-13-12-19(27)14-21(23)28/h8-14,20,22H,2-7,15-16H2,1H3,(H,29,32)/t22-/m0/s1. The van der Waals surface area contributed by atoms with Crippen molar-refractivity contribution in [1.29, 1.82) is 0 Å². The lowest BCUT2D eigenvalue weighted by molar-refractivity contribution is -0.143. The first-order chi connectivity index (χ1) is 15.9. The van der Waals surface area contributed by atoms with Gasteiger partial charge in [0.2, 0.25) is 5.91 Å². The molecular formula is C25H29Cl3N2O3. The SMILES string of the molecule is CC[C@@H](C(=O)NC1CCCCC1)N(Cc1ccc(Cl)cc1)C(=O)COc1ccc(Cl)cc1Cl. The topological polar surface area (TPSA) is 58.6 Å². The highest BCUT2D eigenvalue weighted by molar-refractivity contribution is 6.35. The number of ether oxygens (including phenoxy) is 1. The lowest BCUT2D eigenvalue weighted by Crippen LogP contribution is -2.52. The zero-order valence-electron chi connectivity index (χ0n) is 18.7. The first-order valence-electron chi connectivity index (χ1n) is 11.3. The number of nitrogens with zero attached hydrogens (tertiary/aromatic N) is 1. The molecule has 0 aliphatic heterocycles. The molecule has 0 saturated heterocycles. The van der Waals surface area contributed by atoms with Crippen LogP contribution in [0.4, 0.5) is 0 Å². The van der Waals surface area contributed by atoms with E-state index in [-0.39, 0.29) is 31.0 Å². The molecule has 0 aromatic heterocycles. The van der Waals surface area contributed by atoms with Crippen LogP contribution in [0.5, 0.6) is 5.75 Å². The Hall–Kier alpha value is -1.95. The molecule has 1 aliphatic rings. The number of carbonyl (C=O) groups excluding carboxylic acids is 2. The second-order valence-electron chi connectivity index (χ2n) is 8.28. The molecule has 8 heteroatoms. The number of halogens is 3. The number of amides is 2. The molecule has 33 heavy (non-hydrogen) atoms. The lowest BCUT2D eigenvalue weighted by Gasteiger charge is -2.32. The monoisotopic (exact) mass is 510 g/mol. The third-order valence-corrected chi connectivity index (χ3v) is 6.63. The molecule has 1 N–H and O–H groups in total. The lowest BCUT2D eigenvalue weighted by atomic mass is 9.95. The maximum absolute atomic E-state index is 13.3. The number of hydrogen-bond acceptors (Lipinski definition) is 3. The van der Waals surface area contributed by atoms with Crippen LogP contribution in [0.3, 0.4) is 0 Å². The molecule has 0 bridgehead atoms. The molecule has 5 nitrogen and oxygen atoms in total.